The van der Waals surface area contributed by atoms with E-state index in [1.807, 2.05) is 30.4 Å². The molecule has 190 valence electrons. The Balaban J connectivity index is 0.000000429. The highest BCUT2D eigenvalue weighted by molar-refractivity contribution is 5.96. The second-order valence-electron chi connectivity index (χ2n) is 10.1. The van der Waals surface area contributed by atoms with Crippen molar-refractivity contribution in [2.75, 3.05) is 26.7 Å². The quantitative estimate of drug-likeness (QED) is 0.684. The van der Waals surface area contributed by atoms with Gasteiger partial charge in [-0.1, -0.05) is 26.8 Å². The van der Waals surface area contributed by atoms with E-state index >= 15 is 0 Å². The van der Waals surface area contributed by atoms with E-state index in [-0.39, 0.29) is 16.7 Å². The van der Waals surface area contributed by atoms with Crippen LogP contribution in [0.25, 0.3) is 0 Å². The van der Waals surface area contributed by atoms with Crippen LogP contribution in [0.3, 0.4) is 0 Å². The van der Waals surface area contributed by atoms with Gasteiger partial charge in [0.25, 0.3) is 5.91 Å². The van der Waals surface area contributed by atoms with E-state index in [4.69, 9.17) is 14.9 Å². The Kier molecular flexibility index (Phi) is 7.49. The molecule has 11 heteroatoms. The van der Waals surface area contributed by atoms with Gasteiger partial charge in [-0.15, -0.1) is 0 Å². The second-order valence-corrected chi connectivity index (χ2v) is 10.1. The Morgan fingerprint density at radius 2 is 1.80 bits per heavy atom. The van der Waals surface area contributed by atoms with Crippen LogP contribution in [-0.4, -0.2) is 74.6 Å². The number of fused-ring (bicyclic) bond motifs is 2. The predicted molar refractivity (Wildman–Crippen MR) is 122 cm³/mol. The molecular weight excluding hydrogens is 463 g/mol. The largest absolute Gasteiger partial charge is 0.490 e. The second kappa shape index (κ2) is 9.88. The summed E-state index contributed by atoms with van der Waals surface area (Å²) in [4.78, 5) is 39.7. The highest BCUT2D eigenvalue weighted by Crippen LogP contribution is 2.41. The molecule has 0 aromatic carbocycles. The topological polar surface area (TPSA) is 99.5 Å². The number of hydrogen-bond acceptors (Lipinski definition) is 6. The number of carboxylic acids is 1. The minimum atomic E-state index is -5.08. The fraction of sp³-hybridized carbons (Fsp3) is 0.542. The van der Waals surface area contributed by atoms with Crippen molar-refractivity contribution in [1.29, 1.82) is 0 Å². The first-order chi connectivity index (χ1) is 16.2. The lowest BCUT2D eigenvalue weighted by molar-refractivity contribution is -0.192. The zero-order valence-corrected chi connectivity index (χ0v) is 20.3. The average Bonchev–Trinajstić information content (AvgIpc) is 2.79. The number of piperidine rings is 1. The first-order valence-electron chi connectivity index (χ1n) is 11.3. The number of likely N-dealkylation sites (tertiary alicyclic amines) is 1. The third-order valence-electron chi connectivity index (χ3n) is 6.26. The Bertz CT molecular complexity index is 1060. The number of aliphatic carboxylic acids is 1. The standard InChI is InChI=1S/C22H29N5O.C2HF3O2/c1-21(2,3)20-24-13-17-18(25-20)22(15-26(4)19(17)28)7-10-27(11-8-22)14-16-6-5-9-23-12-16;3-2(4,5)1(6)7/h5-6,9,12-13H,7-8,10-11,14-15H2,1-4H3;(H,6,7). The molecule has 0 aliphatic carbocycles. The highest BCUT2D eigenvalue weighted by Gasteiger charge is 2.46. The zero-order valence-electron chi connectivity index (χ0n) is 20.3. The van der Waals surface area contributed by atoms with Gasteiger partial charge in [-0.2, -0.15) is 13.2 Å². The highest BCUT2D eigenvalue weighted by atomic mass is 19.4. The Morgan fingerprint density at radius 3 is 2.31 bits per heavy atom. The number of carbonyl (C=O) groups is 2. The van der Waals surface area contributed by atoms with E-state index in [0.29, 0.717) is 5.56 Å². The lowest BCUT2D eigenvalue weighted by Crippen LogP contribution is -2.54. The predicted octanol–water partition coefficient (Wildman–Crippen LogP) is 3.42. The van der Waals surface area contributed by atoms with Crippen molar-refractivity contribution < 1.29 is 27.9 Å². The molecule has 1 spiro atoms. The Hall–Kier alpha value is -3.08. The SMILES string of the molecule is CN1CC2(CCN(Cc3cccnc3)CC2)c2nc(C(C)(C)C)ncc2C1=O.O=C(O)C(F)(F)F. The van der Waals surface area contributed by atoms with E-state index in [0.717, 1.165) is 50.5 Å². The maximum absolute atomic E-state index is 12.7. The van der Waals surface area contributed by atoms with Crippen LogP contribution in [0.2, 0.25) is 0 Å². The van der Waals surface area contributed by atoms with E-state index in [1.54, 1.807) is 6.20 Å². The molecule has 2 aromatic heterocycles. The fourth-order valence-electron chi connectivity index (χ4n) is 4.39. The number of likely N-dealkylation sites (N-methyl/N-ethyl adjacent to an activating group) is 1. The Morgan fingerprint density at radius 1 is 1.17 bits per heavy atom. The molecule has 1 saturated heterocycles. The average molecular weight is 494 g/mol. The summed E-state index contributed by atoms with van der Waals surface area (Å²) in [6.07, 6.45) is 2.42. The molecule has 8 nitrogen and oxygen atoms in total. The molecule has 0 bridgehead atoms. The minimum Gasteiger partial charge on any atom is -0.475 e. The Labute approximate surface area is 202 Å². The van der Waals surface area contributed by atoms with Gasteiger partial charge < -0.3 is 10.0 Å². The fourth-order valence-corrected chi connectivity index (χ4v) is 4.39. The number of halogens is 3. The van der Waals surface area contributed by atoms with Crippen molar-refractivity contribution in [1.82, 2.24) is 24.8 Å². The lowest BCUT2D eigenvalue weighted by Gasteiger charge is -2.46. The number of rotatable bonds is 2. The summed E-state index contributed by atoms with van der Waals surface area (Å²) < 4.78 is 31.7. The molecule has 1 amide bonds. The molecule has 1 fully saturated rings. The molecule has 1 N–H and O–H groups in total. The van der Waals surface area contributed by atoms with Gasteiger partial charge in [0, 0.05) is 49.6 Å². The first kappa shape index (κ1) is 26.5. The van der Waals surface area contributed by atoms with Crippen LogP contribution < -0.4 is 0 Å². The molecule has 2 aliphatic rings. The number of carbonyl (C=O) groups excluding carboxylic acids is 1. The van der Waals surface area contributed by atoms with Crippen molar-refractivity contribution >= 4 is 11.9 Å². The molecular formula is C24H30F3N5O3. The van der Waals surface area contributed by atoms with Gasteiger partial charge in [0.2, 0.25) is 0 Å². The van der Waals surface area contributed by atoms with Gasteiger partial charge in [-0.25, -0.2) is 14.8 Å². The van der Waals surface area contributed by atoms with Crippen molar-refractivity contribution in [2.24, 2.45) is 0 Å². The zero-order chi connectivity index (χ0) is 26.0. The van der Waals surface area contributed by atoms with Crippen molar-refractivity contribution in [2.45, 2.75) is 57.2 Å². The third kappa shape index (κ3) is 6.14. The first-order valence-corrected chi connectivity index (χ1v) is 11.3. The van der Waals surface area contributed by atoms with Crippen molar-refractivity contribution in [3.05, 3.63) is 53.4 Å². The molecule has 35 heavy (non-hydrogen) atoms. The molecule has 2 aliphatic heterocycles. The summed E-state index contributed by atoms with van der Waals surface area (Å²) in [5, 5.41) is 7.12. The van der Waals surface area contributed by atoms with Crippen LogP contribution in [0, 0.1) is 0 Å². The van der Waals surface area contributed by atoms with Gasteiger partial charge >= 0.3 is 12.1 Å². The number of alkyl halides is 3. The lowest BCUT2D eigenvalue weighted by atomic mass is 9.71. The van der Waals surface area contributed by atoms with Crippen molar-refractivity contribution in [3.63, 3.8) is 0 Å². The van der Waals surface area contributed by atoms with E-state index in [2.05, 4.69) is 41.7 Å². The summed E-state index contributed by atoms with van der Waals surface area (Å²) in [7, 11) is 1.90. The van der Waals surface area contributed by atoms with Gasteiger partial charge in [0.05, 0.1) is 11.3 Å². The van der Waals surface area contributed by atoms with Gasteiger partial charge in [0.1, 0.15) is 5.82 Å². The number of pyridine rings is 1. The smallest absolute Gasteiger partial charge is 0.475 e. The summed E-state index contributed by atoms with van der Waals surface area (Å²) in [5.41, 5.74) is 2.68. The third-order valence-corrected chi connectivity index (χ3v) is 6.26. The maximum Gasteiger partial charge on any atom is 0.490 e. The van der Waals surface area contributed by atoms with Crippen LogP contribution in [0.15, 0.2) is 30.7 Å². The van der Waals surface area contributed by atoms with Crippen LogP contribution >= 0.6 is 0 Å². The number of hydrogen-bond donors (Lipinski definition) is 1. The molecule has 0 radical (unpaired) electrons. The molecule has 0 unspecified atom stereocenters. The van der Waals surface area contributed by atoms with Gasteiger partial charge in [0.15, 0.2) is 0 Å². The maximum atomic E-state index is 12.7. The molecule has 2 aromatic rings. The minimum absolute atomic E-state index is 0.0406. The molecule has 0 saturated carbocycles. The summed E-state index contributed by atoms with van der Waals surface area (Å²) in [6, 6.07) is 4.12. The number of carboxylic acid groups (broad SMARTS) is 1. The van der Waals surface area contributed by atoms with Gasteiger partial charge in [-0.05, 0) is 37.6 Å². The van der Waals surface area contributed by atoms with Gasteiger partial charge in [-0.3, -0.25) is 14.7 Å². The van der Waals surface area contributed by atoms with Crippen LogP contribution in [0.5, 0.6) is 0 Å². The number of amides is 1. The summed E-state index contributed by atoms with van der Waals surface area (Å²) in [5.74, 6) is -1.90. The van der Waals surface area contributed by atoms with E-state index in [1.165, 1.54) is 5.56 Å². The number of aromatic nitrogens is 3. The monoisotopic (exact) mass is 493 g/mol. The molecule has 4 heterocycles. The normalized spacial score (nSPS) is 18.0. The van der Waals surface area contributed by atoms with Crippen LogP contribution in [-0.2, 0) is 22.2 Å². The van der Waals surface area contributed by atoms with E-state index in [9.17, 15) is 18.0 Å². The number of nitrogens with zero attached hydrogens (tertiary/aromatic N) is 5. The summed E-state index contributed by atoms with van der Waals surface area (Å²) in [6.45, 7) is 10.00. The van der Waals surface area contributed by atoms with Crippen LogP contribution in [0.4, 0.5) is 13.2 Å². The molecule has 0 atom stereocenters. The summed E-state index contributed by atoms with van der Waals surface area (Å²) >= 11 is 0. The molecule has 4 rings (SSSR count). The van der Waals surface area contributed by atoms with E-state index < -0.39 is 12.1 Å². The van der Waals surface area contributed by atoms with Crippen molar-refractivity contribution in [3.8, 4) is 0 Å². The van der Waals surface area contributed by atoms with Crippen LogP contribution in [0.1, 0.15) is 61.1 Å².